The first-order valence-electron chi connectivity index (χ1n) is 5.35. The van der Waals surface area contributed by atoms with Gasteiger partial charge in [0.2, 0.25) is 0 Å². The zero-order valence-electron chi connectivity index (χ0n) is 9.64. The summed E-state index contributed by atoms with van der Waals surface area (Å²) in [6, 6.07) is 6.13. The van der Waals surface area contributed by atoms with Crippen molar-refractivity contribution in [2.24, 2.45) is 7.05 Å². The second kappa shape index (κ2) is 4.90. The van der Waals surface area contributed by atoms with Gasteiger partial charge in [-0.3, -0.25) is 9.67 Å². The number of nitrogens with zero attached hydrogens (tertiary/aromatic N) is 3. The van der Waals surface area contributed by atoms with E-state index in [4.69, 9.17) is 0 Å². The van der Waals surface area contributed by atoms with Gasteiger partial charge in [-0.05, 0) is 30.7 Å². The average molecular weight is 216 g/mol. The summed E-state index contributed by atoms with van der Waals surface area (Å²) in [6.07, 6.45) is 3.62. The van der Waals surface area contributed by atoms with Gasteiger partial charge in [-0.1, -0.05) is 0 Å². The van der Waals surface area contributed by atoms with Crippen molar-refractivity contribution >= 4 is 0 Å². The zero-order chi connectivity index (χ0) is 11.4. The van der Waals surface area contributed by atoms with Gasteiger partial charge in [0.15, 0.2) is 0 Å². The molecule has 2 aromatic heterocycles. The van der Waals surface area contributed by atoms with Gasteiger partial charge < -0.3 is 5.32 Å². The first-order valence-corrected chi connectivity index (χ1v) is 5.35. The lowest BCUT2D eigenvalue weighted by molar-refractivity contribution is 0.624. The zero-order valence-corrected chi connectivity index (χ0v) is 9.64. The van der Waals surface area contributed by atoms with E-state index in [0.717, 1.165) is 18.8 Å². The Bertz CT molecular complexity index is 447. The van der Waals surface area contributed by atoms with Crippen LogP contribution in [0.3, 0.4) is 0 Å². The first-order chi connectivity index (χ1) is 7.75. The topological polar surface area (TPSA) is 42.7 Å². The summed E-state index contributed by atoms with van der Waals surface area (Å²) in [5, 5.41) is 7.69. The summed E-state index contributed by atoms with van der Waals surface area (Å²) in [7, 11) is 1.97. The van der Waals surface area contributed by atoms with E-state index in [2.05, 4.69) is 21.5 Å². The molecule has 2 heterocycles. The van der Waals surface area contributed by atoms with Gasteiger partial charge in [-0.15, -0.1) is 0 Å². The molecule has 1 N–H and O–H groups in total. The molecule has 0 fully saturated rings. The molecule has 0 saturated carbocycles. The molecule has 4 nitrogen and oxygen atoms in total. The summed E-state index contributed by atoms with van der Waals surface area (Å²) in [5.41, 5.74) is 3.50. The highest BCUT2D eigenvalue weighted by Crippen LogP contribution is 2.02. The molecular weight excluding hydrogens is 200 g/mol. The maximum atomic E-state index is 4.30. The van der Waals surface area contributed by atoms with Gasteiger partial charge in [0, 0.05) is 32.5 Å². The van der Waals surface area contributed by atoms with E-state index in [0.29, 0.717) is 0 Å². The van der Waals surface area contributed by atoms with Crippen LogP contribution in [0.25, 0.3) is 0 Å². The summed E-state index contributed by atoms with van der Waals surface area (Å²) in [5.74, 6) is 0. The van der Waals surface area contributed by atoms with E-state index in [-0.39, 0.29) is 0 Å². The summed E-state index contributed by atoms with van der Waals surface area (Å²) in [6.45, 7) is 3.69. The summed E-state index contributed by atoms with van der Waals surface area (Å²) >= 11 is 0. The minimum Gasteiger partial charge on any atom is -0.307 e. The van der Waals surface area contributed by atoms with Gasteiger partial charge in [0.25, 0.3) is 0 Å². The van der Waals surface area contributed by atoms with E-state index in [1.807, 2.05) is 43.2 Å². The average Bonchev–Trinajstić information content (AvgIpc) is 2.59. The highest BCUT2D eigenvalue weighted by molar-refractivity contribution is 5.11. The highest BCUT2D eigenvalue weighted by Gasteiger charge is 2.00. The molecule has 0 bridgehead atoms. The number of pyridine rings is 1. The van der Waals surface area contributed by atoms with Gasteiger partial charge in [-0.25, -0.2) is 0 Å². The number of rotatable bonds is 4. The van der Waals surface area contributed by atoms with E-state index in [1.54, 1.807) is 0 Å². The number of nitrogens with one attached hydrogen (secondary N) is 1. The van der Waals surface area contributed by atoms with Crippen LogP contribution < -0.4 is 5.32 Å². The Kier molecular flexibility index (Phi) is 3.31. The van der Waals surface area contributed by atoms with E-state index in [1.165, 1.54) is 11.3 Å². The van der Waals surface area contributed by atoms with Crippen LogP contribution in [0.4, 0.5) is 0 Å². The molecule has 0 amide bonds. The lowest BCUT2D eigenvalue weighted by atomic mass is 10.2. The van der Waals surface area contributed by atoms with Crippen LogP contribution in [0.2, 0.25) is 0 Å². The van der Waals surface area contributed by atoms with Crippen molar-refractivity contribution in [3.05, 3.63) is 47.5 Å². The van der Waals surface area contributed by atoms with Crippen LogP contribution in [0.5, 0.6) is 0 Å². The first kappa shape index (κ1) is 10.8. The minimum atomic E-state index is 0.833. The monoisotopic (exact) mass is 216 g/mol. The SMILES string of the molecule is Cc1cc(CNCc2ccncc2)n(C)n1. The van der Waals surface area contributed by atoms with Crippen molar-refractivity contribution in [3.8, 4) is 0 Å². The van der Waals surface area contributed by atoms with E-state index >= 15 is 0 Å². The molecule has 0 atom stereocenters. The Balaban J connectivity index is 1.87. The van der Waals surface area contributed by atoms with Crippen molar-refractivity contribution in [2.75, 3.05) is 0 Å². The Hall–Kier alpha value is -1.68. The van der Waals surface area contributed by atoms with E-state index < -0.39 is 0 Å². The Morgan fingerprint density at radius 3 is 2.62 bits per heavy atom. The quantitative estimate of drug-likeness (QED) is 0.840. The van der Waals surface area contributed by atoms with Gasteiger partial charge in [-0.2, -0.15) is 5.10 Å². The van der Waals surface area contributed by atoms with E-state index in [9.17, 15) is 0 Å². The van der Waals surface area contributed by atoms with Crippen LogP contribution in [-0.2, 0) is 20.1 Å². The number of aryl methyl sites for hydroxylation is 2. The Labute approximate surface area is 95.3 Å². The highest BCUT2D eigenvalue weighted by atomic mass is 15.3. The van der Waals surface area contributed by atoms with Gasteiger partial charge in [0.05, 0.1) is 11.4 Å². The van der Waals surface area contributed by atoms with Crippen molar-refractivity contribution < 1.29 is 0 Å². The molecule has 0 aliphatic rings. The Morgan fingerprint density at radius 2 is 2.00 bits per heavy atom. The molecular formula is C12H16N4. The molecule has 2 rings (SSSR count). The van der Waals surface area contributed by atoms with Crippen LogP contribution in [0.15, 0.2) is 30.6 Å². The smallest absolute Gasteiger partial charge is 0.0597 e. The lowest BCUT2D eigenvalue weighted by Gasteiger charge is -2.04. The lowest BCUT2D eigenvalue weighted by Crippen LogP contribution is -2.15. The minimum absolute atomic E-state index is 0.833. The van der Waals surface area contributed by atoms with Gasteiger partial charge in [0.1, 0.15) is 0 Å². The number of hydrogen-bond donors (Lipinski definition) is 1. The molecule has 16 heavy (non-hydrogen) atoms. The third kappa shape index (κ3) is 2.67. The second-order valence-electron chi connectivity index (χ2n) is 3.86. The molecule has 4 heteroatoms. The third-order valence-corrected chi connectivity index (χ3v) is 2.48. The Morgan fingerprint density at radius 1 is 1.25 bits per heavy atom. The van der Waals surface area contributed by atoms with Crippen molar-refractivity contribution in [1.29, 1.82) is 0 Å². The fourth-order valence-electron chi connectivity index (χ4n) is 1.67. The van der Waals surface area contributed by atoms with Crippen molar-refractivity contribution in [3.63, 3.8) is 0 Å². The molecule has 0 saturated heterocycles. The van der Waals surface area contributed by atoms with Crippen molar-refractivity contribution in [2.45, 2.75) is 20.0 Å². The predicted molar refractivity (Wildman–Crippen MR) is 62.7 cm³/mol. The van der Waals surface area contributed by atoms with Crippen LogP contribution in [0, 0.1) is 6.92 Å². The van der Waals surface area contributed by atoms with Crippen LogP contribution >= 0.6 is 0 Å². The molecule has 0 aliphatic carbocycles. The fraction of sp³-hybridized carbons (Fsp3) is 0.333. The normalized spacial score (nSPS) is 10.6. The number of hydrogen-bond acceptors (Lipinski definition) is 3. The van der Waals surface area contributed by atoms with Gasteiger partial charge >= 0.3 is 0 Å². The third-order valence-electron chi connectivity index (χ3n) is 2.48. The molecule has 0 aliphatic heterocycles. The molecule has 84 valence electrons. The van der Waals surface area contributed by atoms with Crippen molar-refractivity contribution in [1.82, 2.24) is 20.1 Å². The number of aromatic nitrogens is 3. The standard InChI is InChI=1S/C12H16N4/c1-10-7-12(16(2)15-10)9-14-8-11-3-5-13-6-4-11/h3-7,14H,8-9H2,1-2H3. The summed E-state index contributed by atoms with van der Waals surface area (Å²) < 4.78 is 1.91. The maximum Gasteiger partial charge on any atom is 0.0597 e. The van der Waals surface area contributed by atoms with Crippen LogP contribution in [-0.4, -0.2) is 14.8 Å². The molecule has 0 unspecified atom stereocenters. The largest absolute Gasteiger partial charge is 0.307 e. The maximum absolute atomic E-state index is 4.30. The molecule has 0 radical (unpaired) electrons. The molecule has 0 spiro atoms. The van der Waals surface area contributed by atoms with Crippen LogP contribution in [0.1, 0.15) is 17.0 Å². The second-order valence-corrected chi connectivity index (χ2v) is 3.86. The predicted octanol–water partition coefficient (Wildman–Crippen LogP) is 1.41. The molecule has 2 aromatic rings. The fourth-order valence-corrected chi connectivity index (χ4v) is 1.67. The molecule has 0 aromatic carbocycles. The summed E-state index contributed by atoms with van der Waals surface area (Å²) in [4.78, 5) is 3.99.